The van der Waals surface area contributed by atoms with Crippen molar-refractivity contribution in [3.8, 4) is 5.75 Å². The monoisotopic (exact) mass is 432 g/mol. The van der Waals surface area contributed by atoms with E-state index in [1.807, 2.05) is 44.2 Å². The number of rotatable bonds is 10. The topological polar surface area (TPSA) is 76.7 Å². The Balaban J connectivity index is 1.56. The van der Waals surface area contributed by atoms with Crippen molar-refractivity contribution < 1.29 is 19.1 Å². The minimum atomic E-state index is -0.254. The van der Waals surface area contributed by atoms with E-state index in [1.165, 1.54) is 0 Å². The normalized spacial score (nSPS) is 11.4. The molecule has 0 spiro atoms. The molecule has 2 amide bonds. The number of hydrogen-bond acceptors (Lipinski definition) is 4. The molecule has 0 aliphatic rings. The third-order valence-electron chi connectivity index (χ3n) is 4.85. The van der Waals surface area contributed by atoms with Crippen molar-refractivity contribution in [3.05, 3.63) is 95.6 Å². The van der Waals surface area contributed by atoms with Crippen LogP contribution in [0.5, 0.6) is 5.75 Å². The maximum atomic E-state index is 12.6. The van der Waals surface area contributed by atoms with E-state index in [0.717, 1.165) is 5.56 Å². The highest BCUT2D eigenvalue weighted by Crippen LogP contribution is 2.17. The van der Waals surface area contributed by atoms with E-state index in [4.69, 9.17) is 9.47 Å². The van der Waals surface area contributed by atoms with E-state index in [0.29, 0.717) is 42.4 Å². The second-order valence-electron chi connectivity index (χ2n) is 7.21. The lowest BCUT2D eigenvalue weighted by atomic mass is 10.1. The SMILES string of the molecule is CCOCCOc1cccc(C(=O)Nc2ccc(C(=O)NC(C)c3ccccc3)cc2)c1. The summed E-state index contributed by atoms with van der Waals surface area (Å²) < 4.78 is 10.9. The smallest absolute Gasteiger partial charge is 0.255 e. The molecule has 0 bridgehead atoms. The Morgan fingerprint density at radius 2 is 1.59 bits per heavy atom. The van der Waals surface area contributed by atoms with Crippen molar-refractivity contribution in [1.82, 2.24) is 5.32 Å². The van der Waals surface area contributed by atoms with Gasteiger partial charge in [-0.1, -0.05) is 36.4 Å². The summed E-state index contributed by atoms with van der Waals surface area (Å²) in [7, 11) is 0. The van der Waals surface area contributed by atoms with Crippen LogP contribution in [-0.4, -0.2) is 31.6 Å². The number of hydrogen-bond donors (Lipinski definition) is 2. The van der Waals surface area contributed by atoms with Crippen LogP contribution in [-0.2, 0) is 4.74 Å². The Kier molecular flexibility index (Phi) is 8.40. The predicted molar refractivity (Wildman–Crippen MR) is 125 cm³/mol. The van der Waals surface area contributed by atoms with Crippen LogP contribution >= 0.6 is 0 Å². The zero-order chi connectivity index (χ0) is 22.8. The first kappa shape index (κ1) is 23.0. The Hall–Kier alpha value is -3.64. The van der Waals surface area contributed by atoms with Crippen molar-refractivity contribution in [1.29, 1.82) is 0 Å². The maximum Gasteiger partial charge on any atom is 0.255 e. The summed E-state index contributed by atoms with van der Waals surface area (Å²) in [6.45, 7) is 5.42. The number of anilines is 1. The fourth-order valence-corrected chi connectivity index (χ4v) is 3.10. The van der Waals surface area contributed by atoms with Gasteiger partial charge in [-0.05, 0) is 61.9 Å². The molecule has 0 fully saturated rings. The Labute approximate surface area is 188 Å². The van der Waals surface area contributed by atoms with Gasteiger partial charge in [-0.3, -0.25) is 9.59 Å². The summed E-state index contributed by atoms with van der Waals surface area (Å²) in [5.74, 6) is 0.184. The third kappa shape index (κ3) is 6.68. The summed E-state index contributed by atoms with van der Waals surface area (Å²) in [4.78, 5) is 25.1. The number of nitrogens with one attached hydrogen (secondary N) is 2. The molecule has 166 valence electrons. The minimum Gasteiger partial charge on any atom is -0.491 e. The molecule has 2 N–H and O–H groups in total. The van der Waals surface area contributed by atoms with Crippen LogP contribution in [0.1, 0.15) is 46.2 Å². The molecule has 6 heteroatoms. The Morgan fingerprint density at radius 3 is 2.31 bits per heavy atom. The molecule has 0 aliphatic carbocycles. The average Bonchev–Trinajstić information content (AvgIpc) is 2.83. The Bertz CT molecular complexity index is 1020. The van der Waals surface area contributed by atoms with Gasteiger partial charge < -0.3 is 20.1 Å². The lowest BCUT2D eigenvalue weighted by molar-refractivity contribution is 0.0939. The summed E-state index contributed by atoms with van der Waals surface area (Å²) >= 11 is 0. The van der Waals surface area contributed by atoms with E-state index in [1.54, 1.807) is 48.5 Å². The molecule has 1 atom stereocenters. The highest BCUT2D eigenvalue weighted by Gasteiger charge is 2.12. The predicted octanol–water partition coefficient (Wildman–Crippen LogP) is 4.85. The van der Waals surface area contributed by atoms with Crippen molar-refractivity contribution in [2.24, 2.45) is 0 Å². The lowest BCUT2D eigenvalue weighted by Crippen LogP contribution is -2.26. The molecule has 0 heterocycles. The first-order chi connectivity index (χ1) is 15.6. The van der Waals surface area contributed by atoms with Crippen molar-refractivity contribution in [2.75, 3.05) is 25.1 Å². The molecule has 0 radical (unpaired) electrons. The highest BCUT2D eigenvalue weighted by atomic mass is 16.5. The van der Waals surface area contributed by atoms with E-state index in [-0.39, 0.29) is 17.9 Å². The van der Waals surface area contributed by atoms with Crippen LogP contribution < -0.4 is 15.4 Å². The molecule has 32 heavy (non-hydrogen) atoms. The molecule has 0 aromatic heterocycles. The summed E-state index contributed by atoms with van der Waals surface area (Å²) in [6.07, 6.45) is 0. The standard InChI is InChI=1S/C26H28N2O4/c1-3-31-16-17-32-24-11-7-10-22(18-24)26(30)28-23-14-12-21(13-15-23)25(29)27-19(2)20-8-5-4-6-9-20/h4-15,18-19H,3,16-17H2,1-2H3,(H,27,29)(H,28,30). The van der Waals surface area contributed by atoms with Gasteiger partial charge in [0.1, 0.15) is 12.4 Å². The number of carbonyl (C=O) groups excluding carboxylic acids is 2. The second-order valence-corrected chi connectivity index (χ2v) is 7.21. The maximum absolute atomic E-state index is 12.6. The summed E-state index contributed by atoms with van der Waals surface area (Å²) in [5.41, 5.74) is 2.65. The van der Waals surface area contributed by atoms with Crippen molar-refractivity contribution in [3.63, 3.8) is 0 Å². The molecule has 3 aromatic rings. The second kappa shape index (κ2) is 11.7. The van der Waals surface area contributed by atoms with Gasteiger partial charge in [0.2, 0.25) is 0 Å². The number of carbonyl (C=O) groups is 2. The number of benzene rings is 3. The largest absolute Gasteiger partial charge is 0.491 e. The molecular weight excluding hydrogens is 404 g/mol. The zero-order valence-corrected chi connectivity index (χ0v) is 18.3. The fraction of sp³-hybridized carbons (Fsp3) is 0.231. The summed E-state index contributed by atoms with van der Waals surface area (Å²) in [5, 5.41) is 5.82. The van der Waals surface area contributed by atoms with Gasteiger partial charge in [0.25, 0.3) is 11.8 Å². The van der Waals surface area contributed by atoms with Crippen LogP contribution in [0.4, 0.5) is 5.69 Å². The molecule has 0 saturated carbocycles. The van der Waals surface area contributed by atoms with Crippen molar-refractivity contribution in [2.45, 2.75) is 19.9 Å². The van der Waals surface area contributed by atoms with Crippen LogP contribution in [0, 0.1) is 0 Å². The number of ether oxygens (including phenoxy) is 2. The number of amides is 2. The van der Waals surface area contributed by atoms with Crippen LogP contribution in [0.3, 0.4) is 0 Å². The lowest BCUT2D eigenvalue weighted by Gasteiger charge is -2.14. The van der Waals surface area contributed by atoms with E-state index in [9.17, 15) is 9.59 Å². The van der Waals surface area contributed by atoms with Crippen LogP contribution in [0.25, 0.3) is 0 Å². The van der Waals surface area contributed by atoms with Gasteiger partial charge in [0.05, 0.1) is 12.6 Å². The van der Waals surface area contributed by atoms with E-state index < -0.39 is 0 Å². The van der Waals surface area contributed by atoms with Crippen LogP contribution in [0.15, 0.2) is 78.9 Å². The molecular formula is C26H28N2O4. The molecule has 6 nitrogen and oxygen atoms in total. The van der Waals surface area contributed by atoms with Gasteiger partial charge in [0, 0.05) is 23.4 Å². The highest BCUT2D eigenvalue weighted by molar-refractivity contribution is 6.04. The van der Waals surface area contributed by atoms with Gasteiger partial charge in [-0.2, -0.15) is 0 Å². The average molecular weight is 433 g/mol. The zero-order valence-electron chi connectivity index (χ0n) is 18.3. The van der Waals surface area contributed by atoms with Gasteiger partial charge in [-0.15, -0.1) is 0 Å². The van der Waals surface area contributed by atoms with E-state index in [2.05, 4.69) is 10.6 Å². The Morgan fingerprint density at radius 1 is 0.844 bits per heavy atom. The molecule has 3 aromatic carbocycles. The molecule has 1 unspecified atom stereocenters. The molecule has 3 rings (SSSR count). The van der Waals surface area contributed by atoms with E-state index >= 15 is 0 Å². The first-order valence-corrected chi connectivity index (χ1v) is 10.6. The third-order valence-corrected chi connectivity index (χ3v) is 4.85. The van der Waals surface area contributed by atoms with Gasteiger partial charge >= 0.3 is 0 Å². The fourth-order valence-electron chi connectivity index (χ4n) is 3.10. The minimum absolute atomic E-state index is 0.105. The molecule has 0 saturated heterocycles. The first-order valence-electron chi connectivity index (χ1n) is 10.6. The van der Waals surface area contributed by atoms with Gasteiger partial charge in [0.15, 0.2) is 0 Å². The molecule has 0 aliphatic heterocycles. The van der Waals surface area contributed by atoms with Crippen molar-refractivity contribution >= 4 is 17.5 Å². The van der Waals surface area contributed by atoms with Gasteiger partial charge in [-0.25, -0.2) is 0 Å². The summed E-state index contributed by atoms with van der Waals surface area (Å²) in [6, 6.07) is 23.4. The van der Waals surface area contributed by atoms with Crippen LogP contribution in [0.2, 0.25) is 0 Å². The quantitative estimate of drug-likeness (QED) is 0.449.